The highest BCUT2D eigenvalue weighted by molar-refractivity contribution is 4.77. The topological polar surface area (TPSA) is 50.9 Å². The van der Waals surface area contributed by atoms with Gasteiger partial charge in [-0.05, 0) is 0 Å². The minimum absolute atomic E-state index is 0.158. The van der Waals surface area contributed by atoms with Crippen LogP contribution in [0.4, 0.5) is 8.78 Å². The summed E-state index contributed by atoms with van der Waals surface area (Å²) in [5.41, 5.74) is 0. The number of aromatic nitrogens is 3. The molecule has 0 aliphatic rings. The Morgan fingerprint density at radius 3 is 2.82 bits per heavy atom. The summed E-state index contributed by atoms with van der Waals surface area (Å²) in [7, 11) is 0. The van der Waals surface area contributed by atoms with Gasteiger partial charge in [0, 0.05) is 0 Å². The molecule has 0 aromatic carbocycles. The van der Waals surface area contributed by atoms with Crippen molar-refractivity contribution in [2.75, 3.05) is 0 Å². The van der Waals surface area contributed by atoms with Gasteiger partial charge in [-0.15, -0.1) is 0 Å². The lowest BCUT2D eigenvalue weighted by molar-refractivity contribution is 0.121. The zero-order chi connectivity index (χ0) is 8.27. The van der Waals surface area contributed by atoms with Crippen LogP contribution in [0.1, 0.15) is 5.82 Å². The van der Waals surface area contributed by atoms with E-state index in [-0.39, 0.29) is 12.4 Å². The quantitative estimate of drug-likeness (QED) is 0.684. The summed E-state index contributed by atoms with van der Waals surface area (Å²) in [4.78, 5) is 3.56. The summed E-state index contributed by atoms with van der Waals surface area (Å²) < 4.78 is 24.4. The maximum atomic E-state index is 11.7. The maximum absolute atomic E-state index is 11.7. The third-order valence-electron chi connectivity index (χ3n) is 1.05. The minimum Gasteiger partial charge on any atom is -0.388 e. The monoisotopic (exact) mass is 163 g/mol. The Hall–Kier alpha value is -1.04. The Balaban J connectivity index is 2.58. The number of alkyl halides is 2. The highest BCUT2D eigenvalue weighted by Gasteiger charge is 2.05. The van der Waals surface area contributed by atoms with E-state index >= 15 is 0 Å². The molecule has 1 N–H and O–H groups in total. The Labute approximate surface area is 61.5 Å². The lowest BCUT2D eigenvalue weighted by Crippen LogP contribution is -2.07. The fourth-order valence-electron chi connectivity index (χ4n) is 0.635. The first kappa shape index (κ1) is 8.06. The first-order valence-corrected chi connectivity index (χ1v) is 2.99. The van der Waals surface area contributed by atoms with Crippen LogP contribution >= 0.6 is 0 Å². The summed E-state index contributed by atoms with van der Waals surface area (Å²) in [6.45, 7) is -0.802. The number of hydrogen-bond donors (Lipinski definition) is 1. The second kappa shape index (κ2) is 3.38. The molecule has 0 bridgehead atoms. The SMILES string of the molecule is OCc1ncn(CC(F)F)n1. The van der Waals surface area contributed by atoms with E-state index in [2.05, 4.69) is 10.1 Å². The predicted octanol–water partition coefficient (Wildman–Crippen LogP) is 0.0355. The zero-order valence-corrected chi connectivity index (χ0v) is 5.61. The van der Waals surface area contributed by atoms with Gasteiger partial charge in [0.25, 0.3) is 6.43 Å². The normalized spacial score (nSPS) is 10.9. The van der Waals surface area contributed by atoms with E-state index in [1.54, 1.807) is 0 Å². The van der Waals surface area contributed by atoms with Crippen molar-refractivity contribution < 1.29 is 13.9 Å². The van der Waals surface area contributed by atoms with E-state index < -0.39 is 13.0 Å². The first-order chi connectivity index (χ1) is 5.22. The van der Waals surface area contributed by atoms with Gasteiger partial charge in [0.15, 0.2) is 5.82 Å². The van der Waals surface area contributed by atoms with Crippen LogP contribution in [0.2, 0.25) is 0 Å². The van der Waals surface area contributed by atoms with Gasteiger partial charge < -0.3 is 5.11 Å². The van der Waals surface area contributed by atoms with Crippen molar-refractivity contribution in [1.29, 1.82) is 0 Å². The molecule has 0 fully saturated rings. The number of halogens is 2. The highest BCUT2D eigenvalue weighted by Crippen LogP contribution is 1.96. The molecule has 1 heterocycles. The molecule has 1 aromatic heterocycles. The summed E-state index contributed by atoms with van der Waals surface area (Å²) in [6.07, 6.45) is -1.28. The molecule has 1 aromatic rings. The molecule has 0 unspecified atom stereocenters. The van der Waals surface area contributed by atoms with Gasteiger partial charge >= 0.3 is 0 Å². The van der Waals surface area contributed by atoms with Gasteiger partial charge in [0.05, 0.1) is 0 Å². The van der Waals surface area contributed by atoms with Crippen LogP contribution in [-0.2, 0) is 13.2 Å². The fourth-order valence-corrected chi connectivity index (χ4v) is 0.635. The van der Waals surface area contributed by atoms with Crippen LogP contribution in [0, 0.1) is 0 Å². The molecule has 11 heavy (non-hydrogen) atoms. The second-order valence-corrected chi connectivity index (χ2v) is 1.93. The van der Waals surface area contributed by atoms with Gasteiger partial charge in [0.2, 0.25) is 0 Å². The van der Waals surface area contributed by atoms with E-state index in [0.29, 0.717) is 0 Å². The average molecular weight is 163 g/mol. The summed E-state index contributed by atoms with van der Waals surface area (Å²) in [5.74, 6) is 0.158. The summed E-state index contributed by atoms with van der Waals surface area (Å²) >= 11 is 0. The van der Waals surface area contributed by atoms with Crippen molar-refractivity contribution >= 4 is 0 Å². The minimum atomic E-state index is -2.44. The summed E-state index contributed by atoms with van der Waals surface area (Å²) in [6, 6.07) is 0. The highest BCUT2D eigenvalue weighted by atomic mass is 19.3. The Morgan fingerprint density at radius 2 is 2.36 bits per heavy atom. The zero-order valence-electron chi connectivity index (χ0n) is 5.61. The van der Waals surface area contributed by atoms with Crippen molar-refractivity contribution in [3.8, 4) is 0 Å². The van der Waals surface area contributed by atoms with E-state index in [9.17, 15) is 8.78 Å². The van der Waals surface area contributed by atoms with Gasteiger partial charge in [-0.25, -0.2) is 18.4 Å². The van der Waals surface area contributed by atoms with Gasteiger partial charge in [-0.3, -0.25) is 0 Å². The Morgan fingerprint density at radius 1 is 1.64 bits per heavy atom. The fraction of sp³-hybridized carbons (Fsp3) is 0.600. The first-order valence-electron chi connectivity index (χ1n) is 2.99. The van der Waals surface area contributed by atoms with Gasteiger partial charge in [-0.1, -0.05) is 0 Å². The predicted molar refractivity (Wildman–Crippen MR) is 31.9 cm³/mol. The van der Waals surface area contributed by atoms with Crippen molar-refractivity contribution in [2.45, 2.75) is 19.6 Å². The van der Waals surface area contributed by atoms with Crippen LogP contribution in [0.15, 0.2) is 6.33 Å². The molecule has 0 radical (unpaired) electrons. The number of nitrogens with zero attached hydrogens (tertiary/aromatic N) is 3. The maximum Gasteiger partial charge on any atom is 0.257 e. The smallest absolute Gasteiger partial charge is 0.257 e. The molecule has 0 atom stereocenters. The Kier molecular flexibility index (Phi) is 2.48. The lowest BCUT2D eigenvalue weighted by atomic mass is 10.7. The average Bonchev–Trinajstić information content (AvgIpc) is 2.34. The number of aliphatic hydroxyl groups excluding tert-OH is 1. The van der Waals surface area contributed by atoms with Crippen LogP contribution in [0.25, 0.3) is 0 Å². The molecule has 0 amide bonds. The molecule has 0 aliphatic carbocycles. The molecule has 0 aliphatic heterocycles. The molecule has 62 valence electrons. The van der Waals surface area contributed by atoms with Crippen molar-refractivity contribution in [3.05, 3.63) is 12.2 Å². The standard InChI is InChI=1S/C5H7F2N3O/c6-4(7)1-10-3-8-5(2-11)9-10/h3-4,11H,1-2H2. The van der Waals surface area contributed by atoms with Gasteiger partial charge in [-0.2, -0.15) is 5.10 Å². The van der Waals surface area contributed by atoms with Crippen LogP contribution in [0.5, 0.6) is 0 Å². The summed E-state index contributed by atoms with van der Waals surface area (Å²) in [5, 5.41) is 12.0. The molecular formula is C5H7F2N3O. The van der Waals surface area contributed by atoms with E-state index in [1.807, 2.05) is 0 Å². The molecular weight excluding hydrogens is 156 g/mol. The number of hydrogen-bond acceptors (Lipinski definition) is 3. The molecule has 1 rings (SSSR count). The number of rotatable bonds is 3. The lowest BCUT2D eigenvalue weighted by Gasteiger charge is -1.96. The van der Waals surface area contributed by atoms with Crippen LogP contribution < -0.4 is 0 Å². The molecule has 0 saturated heterocycles. The van der Waals surface area contributed by atoms with Crippen LogP contribution in [-0.4, -0.2) is 26.3 Å². The van der Waals surface area contributed by atoms with E-state index in [4.69, 9.17) is 5.11 Å². The number of aliphatic hydroxyl groups is 1. The third kappa shape index (κ3) is 2.23. The molecule has 6 heteroatoms. The molecule has 4 nitrogen and oxygen atoms in total. The second-order valence-electron chi connectivity index (χ2n) is 1.93. The molecule has 0 spiro atoms. The van der Waals surface area contributed by atoms with Gasteiger partial charge in [0.1, 0.15) is 19.5 Å². The van der Waals surface area contributed by atoms with E-state index in [0.717, 1.165) is 11.0 Å². The largest absolute Gasteiger partial charge is 0.388 e. The third-order valence-corrected chi connectivity index (χ3v) is 1.05. The van der Waals surface area contributed by atoms with Crippen molar-refractivity contribution in [3.63, 3.8) is 0 Å². The van der Waals surface area contributed by atoms with E-state index in [1.165, 1.54) is 0 Å². The molecule has 0 saturated carbocycles. The van der Waals surface area contributed by atoms with Crippen molar-refractivity contribution in [2.24, 2.45) is 0 Å². The Bertz CT molecular complexity index is 225. The van der Waals surface area contributed by atoms with Crippen LogP contribution in [0.3, 0.4) is 0 Å². The van der Waals surface area contributed by atoms with Crippen molar-refractivity contribution in [1.82, 2.24) is 14.8 Å².